The Morgan fingerprint density at radius 1 is 1.42 bits per heavy atom. The van der Waals surface area contributed by atoms with E-state index in [-0.39, 0.29) is 24.6 Å². The molecule has 0 saturated heterocycles. The number of hydrogen-bond donors (Lipinski definition) is 2. The van der Waals surface area contributed by atoms with E-state index in [0.717, 1.165) is 5.56 Å². The van der Waals surface area contributed by atoms with Gasteiger partial charge >= 0.3 is 6.18 Å². The van der Waals surface area contributed by atoms with Gasteiger partial charge in [0.2, 0.25) is 0 Å². The summed E-state index contributed by atoms with van der Waals surface area (Å²) >= 11 is 0. The van der Waals surface area contributed by atoms with Gasteiger partial charge in [-0.15, -0.1) is 5.10 Å². The van der Waals surface area contributed by atoms with Crippen molar-refractivity contribution in [3.8, 4) is 0 Å². The number of rotatable bonds is 4. The first-order valence-corrected chi connectivity index (χ1v) is 8.22. The van der Waals surface area contributed by atoms with Crippen molar-refractivity contribution < 1.29 is 22.7 Å². The Morgan fingerprint density at radius 2 is 2.15 bits per heavy atom. The first-order chi connectivity index (χ1) is 12.2. The molecule has 2 aromatic rings. The number of halogens is 3. The highest BCUT2D eigenvalue weighted by atomic mass is 19.4. The highest BCUT2D eigenvalue weighted by Gasteiger charge is 2.36. The zero-order valence-electron chi connectivity index (χ0n) is 14.5. The van der Waals surface area contributed by atoms with Gasteiger partial charge in [-0.25, -0.2) is 4.98 Å². The molecule has 1 amide bonds. The molecule has 26 heavy (non-hydrogen) atoms. The quantitative estimate of drug-likeness (QED) is 0.855. The second kappa shape index (κ2) is 6.71. The van der Waals surface area contributed by atoms with Crippen molar-refractivity contribution in [2.24, 2.45) is 0 Å². The number of aromatic amines is 1. The van der Waals surface area contributed by atoms with E-state index in [1.165, 1.54) is 0 Å². The largest absolute Gasteiger partial charge is 0.453 e. The van der Waals surface area contributed by atoms with Crippen molar-refractivity contribution in [3.63, 3.8) is 0 Å². The van der Waals surface area contributed by atoms with Crippen LogP contribution < -0.4 is 5.32 Å². The van der Waals surface area contributed by atoms with E-state index in [2.05, 4.69) is 25.6 Å². The summed E-state index contributed by atoms with van der Waals surface area (Å²) in [5.41, 5.74) is 1.93. The van der Waals surface area contributed by atoms with Gasteiger partial charge in [-0.1, -0.05) is 0 Å². The maximum atomic E-state index is 12.7. The van der Waals surface area contributed by atoms with Gasteiger partial charge in [0.25, 0.3) is 11.7 Å². The Morgan fingerprint density at radius 3 is 2.77 bits per heavy atom. The van der Waals surface area contributed by atoms with Crippen LogP contribution >= 0.6 is 0 Å². The van der Waals surface area contributed by atoms with Crippen molar-refractivity contribution in [2.75, 3.05) is 0 Å². The molecule has 2 N–H and O–H groups in total. The zero-order valence-corrected chi connectivity index (χ0v) is 14.5. The molecule has 0 unspecified atom stereocenters. The maximum Gasteiger partial charge on any atom is 0.453 e. The molecule has 3 rings (SSSR count). The number of fused-ring (bicyclic) bond motifs is 1. The summed E-state index contributed by atoms with van der Waals surface area (Å²) in [6, 6.07) is 0. The molecule has 1 aliphatic rings. The minimum Gasteiger partial charge on any atom is -0.369 e. The fraction of sp³-hybridized carbons (Fsp3) is 0.600. The molecule has 0 aromatic carbocycles. The van der Waals surface area contributed by atoms with Crippen molar-refractivity contribution >= 4 is 5.91 Å². The standard InChI is InChI=1S/C15H19F3N6O2/c1-4-24-12(9-5-7(2)26-8(3)11(9)23-24)13(25)19-6-10-20-14(22-21-10)15(16,17)18/h7-8H,4-6H2,1-3H3,(H,19,25)(H,20,21,22)/t7-,8+/m0/s1. The summed E-state index contributed by atoms with van der Waals surface area (Å²) < 4.78 is 44.9. The van der Waals surface area contributed by atoms with E-state index < -0.39 is 17.9 Å². The summed E-state index contributed by atoms with van der Waals surface area (Å²) in [5.74, 6) is -1.77. The van der Waals surface area contributed by atoms with Crippen molar-refractivity contribution in [1.29, 1.82) is 0 Å². The number of alkyl halides is 3. The summed E-state index contributed by atoms with van der Waals surface area (Å²) in [5, 5.41) is 12.3. The second-order valence-electron chi connectivity index (χ2n) is 6.11. The Bertz CT molecular complexity index is 813. The van der Waals surface area contributed by atoms with Crippen LogP contribution in [0.3, 0.4) is 0 Å². The number of nitrogens with zero attached hydrogens (tertiary/aromatic N) is 4. The minimum absolute atomic E-state index is 0.0535. The van der Waals surface area contributed by atoms with Crippen LogP contribution in [0, 0.1) is 0 Å². The number of hydrogen-bond acceptors (Lipinski definition) is 5. The molecular formula is C15H19F3N6O2. The van der Waals surface area contributed by atoms with Gasteiger partial charge in [-0.3, -0.25) is 14.6 Å². The predicted octanol–water partition coefficient (Wildman–Crippen LogP) is 1.99. The molecule has 3 heterocycles. The molecule has 8 nitrogen and oxygen atoms in total. The van der Waals surface area contributed by atoms with Crippen LogP contribution in [-0.4, -0.2) is 37.0 Å². The van der Waals surface area contributed by atoms with E-state index in [4.69, 9.17) is 4.74 Å². The van der Waals surface area contributed by atoms with Crippen molar-refractivity contribution in [3.05, 3.63) is 28.6 Å². The average molecular weight is 372 g/mol. The van der Waals surface area contributed by atoms with Gasteiger partial charge in [0, 0.05) is 18.5 Å². The molecule has 2 atom stereocenters. The molecule has 142 valence electrons. The Hall–Kier alpha value is -2.43. The number of nitrogens with one attached hydrogen (secondary N) is 2. The lowest BCUT2D eigenvalue weighted by Crippen LogP contribution is -2.29. The van der Waals surface area contributed by atoms with Crippen LogP contribution in [0.4, 0.5) is 13.2 Å². The molecule has 11 heteroatoms. The van der Waals surface area contributed by atoms with Gasteiger partial charge in [-0.2, -0.15) is 18.3 Å². The first kappa shape index (κ1) is 18.4. The SMILES string of the molecule is CCn1nc2c(c1C(=O)NCc1nc(C(F)(F)F)n[nH]1)C[C@H](C)O[C@@H]2C. The van der Waals surface area contributed by atoms with Crippen molar-refractivity contribution in [1.82, 2.24) is 30.3 Å². The Labute approximate surface area is 147 Å². The number of ether oxygens (including phenoxy) is 1. The van der Waals surface area contributed by atoms with E-state index in [1.54, 1.807) is 4.68 Å². The number of aryl methyl sites for hydroxylation is 1. The third kappa shape index (κ3) is 3.43. The number of carbonyl (C=O) groups is 1. The molecular weight excluding hydrogens is 353 g/mol. The summed E-state index contributed by atoms with van der Waals surface area (Å²) in [4.78, 5) is 16.0. The van der Waals surface area contributed by atoms with Gasteiger partial charge < -0.3 is 10.1 Å². The van der Waals surface area contributed by atoms with E-state index >= 15 is 0 Å². The average Bonchev–Trinajstić information content (AvgIpc) is 3.16. The van der Waals surface area contributed by atoms with Crippen LogP contribution in [0.25, 0.3) is 0 Å². The summed E-state index contributed by atoms with van der Waals surface area (Å²) in [6.45, 7) is 5.93. The lowest BCUT2D eigenvalue weighted by molar-refractivity contribution is -0.144. The van der Waals surface area contributed by atoms with Crippen LogP contribution in [0.2, 0.25) is 0 Å². The van der Waals surface area contributed by atoms with E-state index in [9.17, 15) is 18.0 Å². The molecule has 0 saturated carbocycles. The van der Waals surface area contributed by atoms with Gasteiger partial charge in [0.1, 0.15) is 11.5 Å². The normalized spacial score (nSPS) is 20.1. The summed E-state index contributed by atoms with van der Waals surface area (Å²) in [7, 11) is 0. The fourth-order valence-electron chi connectivity index (χ4n) is 3.03. The monoisotopic (exact) mass is 372 g/mol. The Kier molecular flexibility index (Phi) is 4.74. The fourth-order valence-corrected chi connectivity index (χ4v) is 3.03. The predicted molar refractivity (Wildman–Crippen MR) is 83.1 cm³/mol. The molecule has 0 bridgehead atoms. The highest BCUT2D eigenvalue weighted by molar-refractivity contribution is 5.94. The van der Waals surface area contributed by atoms with Gasteiger partial charge in [-0.05, 0) is 20.8 Å². The Balaban J connectivity index is 1.79. The lowest BCUT2D eigenvalue weighted by atomic mass is 9.99. The number of amides is 1. The second-order valence-corrected chi connectivity index (χ2v) is 6.11. The third-order valence-electron chi connectivity index (χ3n) is 4.11. The molecule has 0 aliphatic carbocycles. The lowest BCUT2D eigenvalue weighted by Gasteiger charge is -2.24. The maximum absolute atomic E-state index is 12.7. The molecule has 0 spiro atoms. The molecule has 1 aliphatic heterocycles. The van der Waals surface area contributed by atoms with Crippen LogP contribution in [-0.2, 0) is 30.4 Å². The molecule has 0 radical (unpaired) electrons. The number of aromatic nitrogens is 5. The first-order valence-electron chi connectivity index (χ1n) is 8.22. The zero-order chi connectivity index (χ0) is 19.1. The van der Waals surface area contributed by atoms with E-state index in [1.807, 2.05) is 20.8 Å². The minimum atomic E-state index is -4.63. The smallest absolute Gasteiger partial charge is 0.369 e. The van der Waals surface area contributed by atoms with E-state index in [0.29, 0.717) is 24.4 Å². The molecule has 2 aromatic heterocycles. The topological polar surface area (TPSA) is 97.7 Å². The van der Waals surface area contributed by atoms with Crippen LogP contribution in [0.1, 0.15) is 60.3 Å². The van der Waals surface area contributed by atoms with Gasteiger partial charge in [0.15, 0.2) is 0 Å². The van der Waals surface area contributed by atoms with Crippen LogP contribution in [0.15, 0.2) is 0 Å². The number of H-pyrrole nitrogens is 1. The third-order valence-corrected chi connectivity index (χ3v) is 4.11. The van der Waals surface area contributed by atoms with Crippen molar-refractivity contribution in [2.45, 2.75) is 58.7 Å². The highest BCUT2D eigenvalue weighted by Crippen LogP contribution is 2.31. The van der Waals surface area contributed by atoms with Crippen LogP contribution in [0.5, 0.6) is 0 Å². The summed E-state index contributed by atoms with van der Waals surface area (Å²) in [6.07, 6.45) is -4.37. The molecule has 0 fully saturated rings. The number of carbonyl (C=O) groups excluding carboxylic acids is 1. The van der Waals surface area contributed by atoms with Gasteiger partial charge in [0.05, 0.1) is 24.4 Å².